The molecule has 4 rings (SSSR count). The van der Waals surface area contributed by atoms with Crippen molar-refractivity contribution in [2.45, 2.75) is 29.6 Å². The van der Waals surface area contributed by atoms with Crippen LogP contribution in [0.4, 0.5) is 11.4 Å². The average molecular weight is 403 g/mol. The minimum absolute atomic E-state index is 0.237. The van der Waals surface area contributed by atoms with E-state index in [1.807, 2.05) is 24.9 Å². The van der Waals surface area contributed by atoms with E-state index in [1.54, 1.807) is 0 Å². The predicted octanol–water partition coefficient (Wildman–Crippen LogP) is 5.69. The van der Waals surface area contributed by atoms with Gasteiger partial charge >= 0.3 is 0 Å². The molecule has 2 aromatic carbocycles. The molecule has 2 heterocycles. The van der Waals surface area contributed by atoms with Crippen molar-refractivity contribution in [2.24, 2.45) is 5.41 Å². The Bertz CT molecular complexity index is 815. The van der Waals surface area contributed by atoms with Gasteiger partial charge in [0, 0.05) is 47.0 Å². The van der Waals surface area contributed by atoms with Crippen molar-refractivity contribution in [3.63, 3.8) is 0 Å². The van der Waals surface area contributed by atoms with Crippen molar-refractivity contribution in [1.82, 2.24) is 4.90 Å². The van der Waals surface area contributed by atoms with E-state index in [2.05, 4.69) is 53.1 Å². The molecule has 27 heavy (non-hydrogen) atoms. The molecule has 2 aromatic rings. The Morgan fingerprint density at radius 1 is 1.15 bits per heavy atom. The molecule has 1 saturated heterocycles. The maximum atomic E-state index is 6.39. The van der Waals surface area contributed by atoms with Crippen LogP contribution >= 0.6 is 23.4 Å². The second-order valence-electron chi connectivity index (χ2n) is 7.63. The number of halogens is 1. The highest BCUT2D eigenvalue weighted by atomic mass is 35.5. The fraction of sp³-hybridized carbons (Fsp3) is 0.455. The third kappa shape index (κ3) is 3.86. The Balaban J connectivity index is 1.72. The van der Waals surface area contributed by atoms with Crippen LogP contribution in [0, 0.1) is 5.41 Å². The maximum Gasteiger partial charge on any atom is 0.0567 e. The molecule has 0 bridgehead atoms. The third-order valence-corrected chi connectivity index (χ3v) is 7.25. The summed E-state index contributed by atoms with van der Waals surface area (Å²) in [7, 11) is 1.81. The lowest BCUT2D eigenvalue weighted by Crippen LogP contribution is -2.39. The number of fused-ring (bicyclic) bond motifs is 2. The van der Waals surface area contributed by atoms with Crippen LogP contribution in [0.25, 0.3) is 0 Å². The van der Waals surface area contributed by atoms with Crippen LogP contribution < -0.4 is 4.90 Å². The van der Waals surface area contributed by atoms with Gasteiger partial charge in [0.25, 0.3) is 0 Å². The maximum absolute atomic E-state index is 6.39. The van der Waals surface area contributed by atoms with E-state index in [9.17, 15) is 0 Å². The first-order valence-corrected chi connectivity index (χ1v) is 10.9. The normalized spacial score (nSPS) is 22.0. The minimum atomic E-state index is 0.237. The second kappa shape index (κ2) is 8.04. The Morgan fingerprint density at radius 3 is 2.74 bits per heavy atom. The molecule has 0 aromatic heterocycles. The summed E-state index contributed by atoms with van der Waals surface area (Å²) in [6.07, 6.45) is 2.30. The predicted molar refractivity (Wildman–Crippen MR) is 115 cm³/mol. The molecule has 144 valence electrons. The largest absolute Gasteiger partial charge is 0.385 e. The number of nitrogens with zero attached hydrogens (tertiary/aromatic N) is 2. The van der Waals surface area contributed by atoms with E-state index in [0.717, 1.165) is 37.7 Å². The molecule has 0 amide bonds. The highest BCUT2D eigenvalue weighted by Gasteiger charge is 2.40. The molecular weight excluding hydrogens is 376 g/mol. The quantitative estimate of drug-likeness (QED) is 0.616. The van der Waals surface area contributed by atoms with Crippen LogP contribution in [0.2, 0.25) is 5.02 Å². The average Bonchev–Trinajstić information content (AvgIpc) is 3.10. The zero-order valence-electron chi connectivity index (χ0n) is 16.1. The number of rotatable bonds is 6. The molecular formula is C22H27ClN2OS. The van der Waals surface area contributed by atoms with Crippen molar-refractivity contribution in [1.29, 1.82) is 0 Å². The van der Waals surface area contributed by atoms with Gasteiger partial charge in [-0.25, -0.2) is 0 Å². The van der Waals surface area contributed by atoms with Gasteiger partial charge in [-0.05, 0) is 56.3 Å². The molecule has 5 heteroatoms. The number of hydrogen-bond donors (Lipinski definition) is 0. The van der Waals surface area contributed by atoms with Crippen LogP contribution in [0.1, 0.15) is 19.8 Å². The van der Waals surface area contributed by atoms with Crippen molar-refractivity contribution in [3.8, 4) is 0 Å². The zero-order chi connectivity index (χ0) is 18.9. The lowest BCUT2D eigenvalue weighted by atomic mass is 9.82. The first-order valence-electron chi connectivity index (χ1n) is 9.69. The molecule has 0 aliphatic carbocycles. The van der Waals surface area contributed by atoms with Crippen LogP contribution in [0.5, 0.6) is 0 Å². The van der Waals surface area contributed by atoms with E-state index >= 15 is 0 Å². The SMILES string of the molecule is CCN1CC[C@@](CCOC)(CN2c3ccccc3Sc3ccc(Cl)cc32)C1. The van der Waals surface area contributed by atoms with E-state index in [4.69, 9.17) is 16.3 Å². The van der Waals surface area contributed by atoms with E-state index < -0.39 is 0 Å². The van der Waals surface area contributed by atoms with Gasteiger partial charge in [-0.3, -0.25) is 0 Å². The van der Waals surface area contributed by atoms with Crippen LogP contribution in [0.3, 0.4) is 0 Å². The van der Waals surface area contributed by atoms with Crippen molar-refractivity contribution >= 4 is 34.7 Å². The number of para-hydroxylation sites is 1. The molecule has 1 fully saturated rings. The van der Waals surface area contributed by atoms with Crippen molar-refractivity contribution in [2.75, 3.05) is 44.8 Å². The lowest BCUT2D eigenvalue weighted by Gasteiger charge is -2.40. The first kappa shape index (κ1) is 19.1. The summed E-state index contributed by atoms with van der Waals surface area (Å²) in [6.45, 7) is 7.49. The molecule has 0 saturated carbocycles. The molecule has 0 spiro atoms. The van der Waals surface area contributed by atoms with E-state index in [-0.39, 0.29) is 5.41 Å². The van der Waals surface area contributed by atoms with Gasteiger partial charge < -0.3 is 14.5 Å². The third-order valence-electron chi connectivity index (χ3n) is 5.88. The minimum Gasteiger partial charge on any atom is -0.385 e. The first-order chi connectivity index (χ1) is 13.1. The molecule has 0 unspecified atom stereocenters. The molecule has 2 aliphatic rings. The Kier molecular flexibility index (Phi) is 5.70. The molecule has 0 radical (unpaired) electrons. The fourth-order valence-corrected chi connectivity index (χ4v) is 5.58. The van der Waals surface area contributed by atoms with Gasteiger partial charge in [0.2, 0.25) is 0 Å². The Morgan fingerprint density at radius 2 is 1.96 bits per heavy atom. The summed E-state index contributed by atoms with van der Waals surface area (Å²) in [6, 6.07) is 15.0. The fourth-order valence-electron chi connectivity index (χ4n) is 4.34. The van der Waals surface area contributed by atoms with Gasteiger partial charge in [0.05, 0.1) is 11.4 Å². The summed E-state index contributed by atoms with van der Waals surface area (Å²) < 4.78 is 5.48. The van der Waals surface area contributed by atoms with E-state index in [1.165, 1.54) is 34.1 Å². The van der Waals surface area contributed by atoms with Crippen LogP contribution in [-0.4, -0.2) is 44.8 Å². The number of methoxy groups -OCH3 is 1. The van der Waals surface area contributed by atoms with Crippen LogP contribution in [0.15, 0.2) is 52.3 Å². The molecule has 0 N–H and O–H groups in total. The molecule has 3 nitrogen and oxygen atoms in total. The number of anilines is 2. The van der Waals surface area contributed by atoms with Gasteiger partial charge in [-0.1, -0.05) is 42.4 Å². The Labute approximate surface area is 171 Å². The highest BCUT2D eigenvalue weighted by Crippen LogP contribution is 2.50. The highest BCUT2D eigenvalue weighted by molar-refractivity contribution is 7.99. The lowest BCUT2D eigenvalue weighted by molar-refractivity contribution is 0.139. The number of likely N-dealkylation sites (tertiary alicyclic amines) is 1. The summed E-state index contributed by atoms with van der Waals surface area (Å²) in [4.78, 5) is 7.67. The van der Waals surface area contributed by atoms with Crippen LogP contribution in [-0.2, 0) is 4.74 Å². The standard InChI is InChI=1S/C22H27ClN2OS/c1-3-24-12-10-22(15-24,11-13-26-2)16-25-18-6-4-5-7-20(18)27-21-9-8-17(23)14-19(21)25/h4-9,14H,3,10-13,15-16H2,1-2H3/t22-/m0/s1. The molecule has 1 atom stereocenters. The van der Waals surface area contributed by atoms with Gasteiger partial charge in [0.1, 0.15) is 0 Å². The van der Waals surface area contributed by atoms with E-state index in [0.29, 0.717) is 0 Å². The topological polar surface area (TPSA) is 15.7 Å². The second-order valence-corrected chi connectivity index (χ2v) is 9.15. The smallest absolute Gasteiger partial charge is 0.0567 e. The van der Waals surface area contributed by atoms with Gasteiger partial charge in [-0.2, -0.15) is 0 Å². The number of hydrogen-bond acceptors (Lipinski definition) is 4. The number of ether oxygens (including phenoxy) is 1. The van der Waals surface area contributed by atoms with Crippen molar-refractivity contribution < 1.29 is 4.74 Å². The molecule has 2 aliphatic heterocycles. The van der Waals surface area contributed by atoms with Crippen molar-refractivity contribution in [3.05, 3.63) is 47.5 Å². The Hall–Kier alpha value is -1.20. The number of benzene rings is 2. The summed E-state index contributed by atoms with van der Waals surface area (Å²) >= 11 is 8.22. The van der Waals surface area contributed by atoms with Gasteiger partial charge in [-0.15, -0.1) is 0 Å². The summed E-state index contributed by atoms with van der Waals surface area (Å²) in [5, 5.41) is 0.797. The summed E-state index contributed by atoms with van der Waals surface area (Å²) in [5.41, 5.74) is 2.77. The monoisotopic (exact) mass is 402 g/mol. The zero-order valence-corrected chi connectivity index (χ0v) is 17.7. The summed E-state index contributed by atoms with van der Waals surface area (Å²) in [5.74, 6) is 0. The van der Waals surface area contributed by atoms with Gasteiger partial charge in [0.15, 0.2) is 0 Å².